The fourth-order valence-electron chi connectivity index (χ4n) is 1.84. The lowest BCUT2D eigenvalue weighted by Crippen LogP contribution is -2.06. The van der Waals surface area contributed by atoms with Crippen molar-refractivity contribution in [3.63, 3.8) is 0 Å². The van der Waals surface area contributed by atoms with E-state index in [-0.39, 0.29) is 6.04 Å². The van der Waals surface area contributed by atoms with E-state index in [1.54, 1.807) is 17.5 Å². The largest absolute Gasteiger partial charge is 0.362 e. The molecule has 6 heteroatoms. The zero-order valence-electron chi connectivity index (χ0n) is 10.1. The molecule has 0 spiro atoms. The maximum absolute atomic E-state index is 4.27. The lowest BCUT2D eigenvalue weighted by atomic mass is 10.2. The fraction of sp³-hybridized carbons (Fsp3) is 0.250. The highest BCUT2D eigenvalue weighted by Gasteiger charge is 2.11. The molecule has 92 valence electrons. The molecule has 3 heterocycles. The highest BCUT2D eigenvalue weighted by molar-refractivity contribution is 7.12. The lowest BCUT2D eigenvalue weighted by molar-refractivity contribution is 0.897. The van der Waals surface area contributed by atoms with E-state index in [1.165, 1.54) is 16.1 Å². The molecule has 2 N–H and O–H groups in total. The van der Waals surface area contributed by atoms with Crippen LogP contribution < -0.4 is 5.32 Å². The van der Waals surface area contributed by atoms with Crippen molar-refractivity contribution in [3.8, 4) is 0 Å². The second-order valence-electron chi connectivity index (χ2n) is 4.17. The minimum Gasteiger partial charge on any atom is -0.362 e. The second-order valence-corrected chi connectivity index (χ2v) is 5.49. The lowest BCUT2D eigenvalue weighted by Gasteiger charge is -2.12. The van der Waals surface area contributed by atoms with Crippen molar-refractivity contribution in [1.82, 2.24) is 20.2 Å². The highest BCUT2D eigenvalue weighted by atomic mass is 32.1. The smallest absolute Gasteiger partial charge is 0.160 e. The standard InChI is InChI=1S/C12H13N5S/c1-7-3-4-10(18-7)8(2)16-11-9-5-15-17-12(9)14-6-13-11/h3-6,8H,1-2H3,(H2,13,14,15,16,17)/t8-/m0/s1. The van der Waals surface area contributed by atoms with E-state index in [0.717, 1.165) is 16.9 Å². The van der Waals surface area contributed by atoms with Crippen LogP contribution in [0.5, 0.6) is 0 Å². The molecule has 18 heavy (non-hydrogen) atoms. The maximum Gasteiger partial charge on any atom is 0.160 e. The average molecular weight is 259 g/mol. The molecule has 0 unspecified atom stereocenters. The predicted molar refractivity (Wildman–Crippen MR) is 72.8 cm³/mol. The van der Waals surface area contributed by atoms with Crippen molar-refractivity contribution in [2.75, 3.05) is 5.32 Å². The number of fused-ring (bicyclic) bond motifs is 1. The van der Waals surface area contributed by atoms with Gasteiger partial charge in [-0.2, -0.15) is 5.10 Å². The van der Waals surface area contributed by atoms with Crippen molar-refractivity contribution in [2.24, 2.45) is 0 Å². The van der Waals surface area contributed by atoms with Crippen LogP contribution in [0.2, 0.25) is 0 Å². The van der Waals surface area contributed by atoms with E-state index in [2.05, 4.69) is 51.5 Å². The number of aromatic nitrogens is 4. The number of hydrogen-bond donors (Lipinski definition) is 2. The van der Waals surface area contributed by atoms with Gasteiger partial charge >= 0.3 is 0 Å². The maximum atomic E-state index is 4.27. The predicted octanol–water partition coefficient (Wildman–Crippen LogP) is 2.90. The summed E-state index contributed by atoms with van der Waals surface area (Å²) in [6.45, 7) is 4.24. The number of nitrogens with zero attached hydrogens (tertiary/aromatic N) is 3. The summed E-state index contributed by atoms with van der Waals surface area (Å²) in [6, 6.07) is 4.49. The van der Waals surface area contributed by atoms with Gasteiger partial charge in [0.1, 0.15) is 12.1 Å². The summed E-state index contributed by atoms with van der Waals surface area (Å²) in [5.41, 5.74) is 0.752. The molecule has 0 saturated heterocycles. The zero-order chi connectivity index (χ0) is 12.5. The van der Waals surface area contributed by atoms with Gasteiger partial charge in [0.2, 0.25) is 0 Å². The summed E-state index contributed by atoms with van der Waals surface area (Å²) >= 11 is 1.79. The Labute approximate surface area is 108 Å². The molecule has 0 radical (unpaired) electrons. The molecule has 3 aromatic rings. The Bertz CT molecular complexity index is 672. The van der Waals surface area contributed by atoms with E-state index in [9.17, 15) is 0 Å². The van der Waals surface area contributed by atoms with Crippen molar-refractivity contribution >= 4 is 28.2 Å². The van der Waals surface area contributed by atoms with Crippen LogP contribution in [0.4, 0.5) is 5.82 Å². The number of nitrogens with one attached hydrogen (secondary N) is 2. The van der Waals surface area contributed by atoms with E-state index < -0.39 is 0 Å². The number of aryl methyl sites for hydroxylation is 1. The molecule has 0 bridgehead atoms. The first-order valence-corrected chi connectivity index (χ1v) is 6.52. The number of H-pyrrole nitrogens is 1. The van der Waals surface area contributed by atoms with E-state index in [4.69, 9.17) is 0 Å². The summed E-state index contributed by atoms with van der Waals surface area (Å²) in [5.74, 6) is 0.812. The average Bonchev–Trinajstić information content (AvgIpc) is 2.97. The highest BCUT2D eigenvalue weighted by Crippen LogP contribution is 2.27. The van der Waals surface area contributed by atoms with Gasteiger partial charge in [0.15, 0.2) is 5.65 Å². The Balaban J connectivity index is 1.90. The molecular formula is C12H13N5S. The number of rotatable bonds is 3. The van der Waals surface area contributed by atoms with Gasteiger partial charge < -0.3 is 5.32 Å². The minimum absolute atomic E-state index is 0.219. The molecule has 0 amide bonds. The van der Waals surface area contributed by atoms with Gasteiger partial charge in [-0.15, -0.1) is 11.3 Å². The summed E-state index contributed by atoms with van der Waals surface area (Å²) < 4.78 is 0. The van der Waals surface area contributed by atoms with E-state index >= 15 is 0 Å². The Morgan fingerprint density at radius 3 is 3.00 bits per heavy atom. The third kappa shape index (κ3) is 1.95. The van der Waals surface area contributed by atoms with Crippen molar-refractivity contribution in [2.45, 2.75) is 19.9 Å². The first kappa shape index (κ1) is 11.2. The number of hydrogen-bond acceptors (Lipinski definition) is 5. The van der Waals surface area contributed by atoms with Crippen molar-refractivity contribution in [1.29, 1.82) is 0 Å². The third-order valence-electron chi connectivity index (χ3n) is 2.79. The molecule has 5 nitrogen and oxygen atoms in total. The number of anilines is 1. The van der Waals surface area contributed by atoms with Crippen LogP contribution in [-0.4, -0.2) is 20.2 Å². The molecule has 0 aliphatic heterocycles. The van der Waals surface area contributed by atoms with Gasteiger partial charge in [-0.05, 0) is 26.0 Å². The van der Waals surface area contributed by atoms with Crippen LogP contribution in [0.25, 0.3) is 11.0 Å². The van der Waals surface area contributed by atoms with Gasteiger partial charge in [0, 0.05) is 9.75 Å². The minimum atomic E-state index is 0.219. The Morgan fingerprint density at radius 2 is 2.22 bits per heavy atom. The molecule has 0 aromatic carbocycles. The van der Waals surface area contributed by atoms with E-state index in [0.29, 0.717) is 0 Å². The monoisotopic (exact) mass is 259 g/mol. The Hall–Kier alpha value is -1.95. The summed E-state index contributed by atoms with van der Waals surface area (Å²) in [7, 11) is 0. The molecular weight excluding hydrogens is 246 g/mol. The zero-order valence-corrected chi connectivity index (χ0v) is 11.0. The molecule has 3 aromatic heterocycles. The Kier molecular flexibility index (Phi) is 2.71. The number of aromatic amines is 1. The Morgan fingerprint density at radius 1 is 1.33 bits per heavy atom. The normalized spacial score (nSPS) is 12.8. The van der Waals surface area contributed by atoms with E-state index in [1.807, 2.05) is 0 Å². The molecule has 0 fully saturated rings. The molecule has 1 atom stereocenters. The summed E-state index contributed by atoms with van der Waals surface area (Å²) in [6.07, 6.45) is 3.28. The van der Waals surface area contributed by atoms with Crippen molar-refractivity contribution < 1.29 is 0 Å². The first-order valence-electron chi connectivity index (χ1n) is 5.71. The van der Waals surface area contributed by atoms with Crippen molar-refractivity contribution in [3.05, 3.63) is 34.4 Å². The van der Waals surface area contributed by atoms with Crippen LogP contribution >= 0.6 is 11.3 Å². The van der Waals surface area contributed by atoms with Gasteiger partial charge in [-0.3, -0.25) is 5.10 Å². The molecule has 0 aliphatic rings. The van der Waals surface area contributed by atoms with Crippen LogP contribution in [0.3, 0.4) is 0 Å². The van der Waals surface area contributed by atoms with Crippen LogP contribution in [-0.2, 0) is 0 Å². The molecule has 3 rings (SSSR count). The van der Waals surface area contributed by atoms with Gasteiger partial charge in [0.05, 0.1) is 17.6 Å². The van der Waals surface area contributed by atoms with Gasteiger partial charge in [0.25, 0.3) is 0 Å². The third-order valence-corrected chi connectivity index (χ3v) is 3.97. The summed E-state index contributed by atoms with van der Waals surface area (Å²) in [4.78, 5) is 11.0. The quantitative estimate of drug-likeness (QED) is 0.759. The van der Waals surface area contributed by atoms with Crippen LogP contribution in [0.15, 0.2) is 24.7 Å². The van der Waals surface area contributed by atoms with Crippen LogP contribution in [0.1, 0.15) is 22.7 Å². The molecule has 0 saturated carbocycles. The summed E-state index contributed by atoms with van der Waals surface area (Å²) in [5, 5.41) is 11.1. The van der Waals surface area contributed by atoms with Gasteiger partial charge in [-0.1, -0.05) is 0 Å². The first-order chi connectivity index (χ1) is 8.74. The van der Waals surface area contributed by atoms with Crippen LogP contribution in [0, 0.1) is 6.92 Å². The second kappa shape index (κ2) is 4.38. The fourth-order valence-corrected chi connectivity index (χ4v) is 2.72. The molecule has 0 aliphatic carbocycles. The SMILES string of the molecule is Cc1ccc([C@H](C)Nc2ncnc3[nH]ncc23)s1. The topological polar surface area (TPSA) is 66.5 Å². The number of thiophene rings is 1. The van der Waals surface area contributed by atoms with Gasteiger partial charge in [-0.25, -0.2) is 9.97 Å².